The Morgan fingerprint density at radius 3 is 2.54 bits per heavy atom. The molecule has 0 bridgehead atoms. The van der Waals surface area contributed by atoms with Crippen molar-refractivity contribution in [1.82, 2.24) is 5.32 Å². The van der Waals surface area contributed by atoms with E-state index in [2.05, 4.69) is 5.32 Å². The zero-order valence-corrected chi connectivity index (χ0v) is 16.5. The van der Waals surface area contributed by atoms with Crippen LogP contribution in [0.4, 0.5) is 11.4 Å². The summed E-state index contributed by atoms with van der Waals surface area (Å²) >= 11 is 0. The van der Waals surface area contributed by atoms with Crippen molar-refractivity contribution in [1.29, 1.82) is 0 Å². The lowest BCUT2D eigenvalue weighted by Crippen LogP contribution is -2.47. The van der Waals surface area contributed by atoms with Crippen molar-refractivity contribution >= 4 is 27.3 Å². The average Bonchev–Trinajstić information content (AvgIpc) is 2.65. The molecule has 0 aliphatic heterocycles. The third-order valence-electron chi connectivity index (χ3n) is 4.03. The summed E-state index contributed by atoms with van der Waals surface area (Å²) in [6.45, 7) is 1.55. The number of ether oxygens (including phenoxy) is 1. The van der Waals surface area contributed by atoms with Crippen LogP contribution in [0.2, 0.25) is 0 Å². The van der Waals surface area contributed by atoms with Gasteiger partial charge in [-0.2, -0.15) is 0 Å². The van der Waals surface area contributed by atoms with E-state index in [4.69, 9.17) is 4.74 Å². The number of sulfonamides is 1. The van der Waals surface area contributed by atoms with E-state index in [9.17, 15) is 23.3 Å². The number of amides is 1. The number of hydrogen-bond donors (Lipinski definition) is 1. The number of nitro benzene ring substituents is 1. The van der Waals surface area contributed by atoms with Crippen molar-refractivity contribution in [2.75, 3.05) is 17.7 Å². The highest BCUT2D eigenvalue weighted by atomic mass is 32.2. The van der Waals surface area contributed by atoms with E-state index in [-0.39, 0.29) is 17.9 Å². The predicted molar refractivity (Wildman–Crippen MR) is 105 cm³/mol. The maximum Gasteiger partial charge on any atom is 0.271 e. The largest absolute Gasteiger partial charge is 0.496 e. The molecule has 0 saturated carbocycles. The molecule has 0 aliphatic rings. The molecular formula is C18H21N3O6S. The fraction of sp³-hybridized carbons (Fsp3) is 0.278. The number of methoxy groups -OCH3 is 1. The fourth-order valence-electron chi connectivity index (χ4n) is 2.73. The van der Waals surface area contributed by atoms with Gasteiger partial charge in [-0.3, -0.25) is 19.2 Å². The summed E-state index contributed by atoms with van der Waals surface area (Å²) in [7, 11) is -2.36. The number of non-ortho nitro benzene ring substituents is 1. The van der Waals surface area contributed by atoms with Crippen LogP contribution in [-0.4, -0.2) is 38.7 Å². The van der Waals surface area contributed by atoms with E-state index in [1.807, 2.05) is 0 Å². The van der Waals surface area contributed by atoms with Gasteiger partial charge in [-0.05, 0) is 19.1 Å². The number of nitrogens with zero attached hydrogens (tertiary/aromatic N) is 2. The van der Waals surface area contributed by atoms with Gasteiger partial charge in [0.15, 0.2) is 0 Å². The molecule has 2 rings (SSSR count). The Hall–Kier alpha value is -3.14. The van der Waals surface area contributed by atoms with E-state index in [0.717, 1.165) is 22.2 Å². The molecule has 2 aromatic rings. The molecule has 1 amide bonds. The minimum Gasteiger partial charge on any atom is -0.496 e. The molecular weight excluding hydrogens is 386 g/mol. The maximum absolute atomic E-state index is 12.6. The minimum atomic E-state index is -3.88. The first kappa shape index (κ1) is 21.2. The van der Waals surface area contributed by atoms with Crippen LogP contribution >= 0.6 is 0 Å². The Kier molecular flexibility index (Phi) is 6.57. The first-order chi connectivity index (χ1) is 13.1. The lowest BCUT2D eigenvalue weighted by atomic mass is 10.2. The molecule has 0 saturated heterocycles. The Labute approximate surface area is 163 Å². The number of rotatable bonds is 8. The van der Waals surface area contributed by atoms with Gasteiger partial charge in [0.2, 0.25) is 15.9 Å². The highest BCUT2D eigenvalue weighted by Crippen LogP contribution is 2.25. The average molecular weight is 407 g/mol. The van der Waals surface area contributed by atoms with Crippen molar-refractivity contribution in [3.63, 3.8) is 0 Å². The summed E-state index contributed by atoms with van der Waals surface area (Å²) in [6.07, 6.45) is 0.940. The van der Waals surface area contributed by atoms with Crippen LogP contribution in [0.15, 0.2) is 48.5 Å². The van der Waals surface area contributed by atoms with Crippen LogP contribution in [0, 0.1) is 10.1 Å². The molecule has 2 aromatic carbocycles. The van der Waals surface area contributed by atoms with Crippen molar-refractivity contribution in [2.24, 2.45) is 0 Å². The van der Waals surface area contributed by atoms with Crippen molar-refractivity contribution < 1.29 is 22.9 Å². The topological polar surface area (TPSA) is 119 Å². The summed E-state index contributed by atoms with van der Waals surface area (Å²) in [6, 6.07) is 11.1. The second kappa shape index (κ2) is 8.70. The Morgan fingerprint density at radius 2 is 1.93 bits per heavy atom. The maximum atomic E-state index is 12.6. The van der Waals surface area contributed by atoms with Crippen LogP contribution < -0.4 is 14.4 Å². The second-order valence-corrected chi connectivity index (χ2v) is 7.90. The molecule has 0 fully saturated rings. The highest BCUT2D eigenvalue weighted by molar-refractivity contribution is 7.92. The third kappa shape index (κ3) is 4.97. The summed E-state index contributed by atoms with van der Waals surface area (Å²) in [5.41, 5.74) is 0.497. The van der Waals surface area contributed by atoms with Gasteiger partial charge < -0.3 is 10.1 Å². The number of carbonyl (C=O) groups is 1. The SMILES string of the molecule is COc1ccccc1CNC(=O)[C@H](C)N(c1cccc([N+](=O)[O-])c1)S(C)(=O)=O. The number of nitrogens with one attached hydrogen (secondary N) is 1. The number of hydrogen-bond acceptors (Lipinski definition) is 6. The molecule has 0 aliphatic carbocycles. The van der Waals surface area contributed by atoms with Crippen molar-refractivity contribution in [3.8, 4) is 5.75 Å². The monoisotopic (exact) mass is 407 g/mol. The van der Waals surface area contributed by atoms with Gasteiger partial charge in [0.1, 0.15) is 11.8 Å². The third-order valence-corrected chi connectivity index (χ3v) is 5.27. The Morgan fingerprint density at radius 1 is 1.25 bits per heavy atom. The number of benzene rings is 2. The zero-order valence-electron chi connectivity index (χ0n) is 15.7. The quantitative estimate of drug-likeness (QED) is 0.529. The van der Waals surface area contributed by atoms with Crippen LogP contribution in [0.3, 0.4) is 0 Å². The highest BCUT2D eigenvalue weighted by Gasteiger charge is 2.30. The summed E-state index contributed by atoms with van der Waals surface area (Å²) in [4.78, 5) is 23.0. The Bertz CT molecular complexity index is 977. The molecule has 28 heavy (non-hydrogen) atoms. The van der Waals surface area contributed by atoms with Crippen LogP contribution in [0.1, 0.15) is 12.5 Å². The van der Waals surface area contributed by atoms with Gasteiger partial charge in [0.05, 0.1) is 24.0 Å². The van der Waals surface area contributed by atoms with E-state index < -0.39 is 26.9 Å². The standard InChI is InChI=1S/C18H21N3O6S/c1-13(18(22)19-12-14-7-4-5-10-17(14)27-2)20(28(3,25)26)15-8-6-9-16(11-15)21(23)24/h4-11,13H,12H2,1-3H3,(H,19,22)/t13-/m0/s1. The number of carbonyl (C=O) groups excluding carboxylic acids is 1. The number of nitro groups is 1. The van der Waals surface area contributed by atoms with Gasteiger partial charge in [0.25, 0.3) is 5.69 Å². The molecule has 0 radical (unpaired) electrons. The minimum absolute atomic E-state index is 0.0386. The molecule has 0 unspecified atom stereocenters. The van der Waals surface area contributed by atoms with Gasteiger partial charge in [-0.1, -0.05) is 24.3 Å². The van der Waals surface area contributed by atoms with Gasteiger partial charge >= 0.3 is 0 Å². The van der Waals surface area contributed by atoms with Crippen LogP contribution in [0.25, 0.3) is 0 Å². The van der Waals surface area contributed by atoms with E-state index >= 15 is 0 Å². The fourth-order valence-corrected chi connectivity index (χ4v) is 3.90. The van der Waals surface area contributed by atoms with E-state index in [1.165, 1.54) is 32.2 Å². The first-order valence-corrected chi connectivity index (χ1v) is 10.1. The smallest absolute Gasteiger partial charge is 0.271 e. The van der Waals surface area contributed by atoms with Crippen LogP contribution in [0.5, 0.6) is 5.75 Å². The normalized spacial score (nSPS) is 12.1. The lowest BCUT2D eigenvalue weighted by molar-refractivity contribution is -0.384. The zero-order chi connectivity index (χ0) is 20.9. The predicted octanol–water partition coefficient (Wildman–Crippen LogP) is 2.07. The number of anilines is 1. The molecule has 1 atom stereocenters. The summed E-state index contributed by atoms with van der Waals surface area (Å²) in [5.74, 6) is 0.0388. The molecule has 9 nitrogen and oxygen atoms in total. The second-order valence-electron chi connectivity index (χ2n) is 6.04. The number of para-hydroxylation sites is 1. The molecule has 1 N–H and O–H groups in total. The molecule has 10 heteroatoms. The Balaban J connectivity index is 2.26. The van der Waals surface area contributed by atoms with Crippen molar-refractivity contribution in [2.45, 2.75) is 19.5 Å². The van der Waals surface area contributed by atoms with E-state index in [0.29, 0.717) is 5.75 Å². The lowest BCUT2D eigenvalue weighted by Gasteiger charge is -2.28. The van der Waals surface area contributed by atoms with Gasteiger partial charge in [0, 0.05) is 24.2 Å². The molecule has 0 aromatic heterocycles. The molecule has 0 spiro atoms. The van der Waals surface area contributed by atoms with Gasteiger partial charge in [-0.15, -0.1) is 0 Å². The molecule has 150 valence electrons. The summed E-state index contributed by atoms with van der Waals surface area (Å²) in [5, 5.41) is 13.7. The van der Waals surface area contributed by atoms with Gasteiger partial charge in [-0.25, -0.2) is 8.42 Å². The van der Waals surface area contributed by atoms with Crippen molar-refractivity contribution in [3.05, 3.63) is 64.2 Å². The first-order valence-electron chi connectivity index (χ1n) is 8.28. The van der Waals surface area contributed by atoms with Crippen LogP contribution in [-0.2, 0) is 21.4 Å². The van der Waals surface area contributed by atoms with E-state index in [1.54, 1.807) is 24.3 Å². The molecule has 0 heterocycles. The summed E-state index contributed by atoms with van der Waals surface area (Å²) < 4.78 is 30.7.